The first kappa shape index (κ1) is 22.0. The maximum absolute atomic E-state index is 13.5. The van der Waals surface area contributed by atoms with Crippen LogP contribution in [0.4, 0.5) is 0 Å². The van der Waals surface area contributed by atoms with E-state index in [0.717, 1.165) is 31.2 Å². The number of nitrogens with zero attached hydrogens (tertiary/aromatic N) is 2. The molecule has 3 aliphatic heterocycles. The normalized spacial score (nSPS) is 20.8. The van der Waals surface area contributed by atoms with Crippen LogP contribution in [-0.4, -0.2) is 63.5 Å². The number of sulfonamides is 1. The SMILES string of the molecule is COc1ccc(C(=O)N2CCCC2c2ccc3c(c2)OCCO3)cc1S(=O)(=O)N1CCCC1. The molecule has 1 unspecified atom stereocenters. The molecule has 33 heavy (non-hydrogen) atoms. The van der Waals surface area contributed by atoms with Crippen LogP contribution in [0.3, 0.4) is 0 Å². The molecule has 9 heteroatoms. The molecule has 0 aliphatic carbocycles. The van der Waals surface area contributed by atoms with Crippen LogP contribution in [0, 0.1) is 0 Å². The molecule has 5 rings (SSSR count). The summed E-state index contributed by atoms with van der Waals surface area (Å²) in [5.41, 5.74) is 1.33. The van der Waals surface area contributed by atoms with Crippen molar-refractivity contribution in [3.63, 3.8) is 0 Å². The van der Waals surface area contributed by atoms with Gasteiger partial charge in [-0.3, -0.25) is 4.79 Å². The summed E-state index contributed by atoms with van der Waals surface area (Å²) in [4.78, 5) is 15.4. The van der Waals surface area contributed by atoms with Crippen molar-refractivity contribution in [2.45, 2.75) is 36.6 Å². The lowest BCUT2D eigenvalue weighted by atomic mass is 10.0. The minimum Gasteiger partial charge on any atom is -0.495 e. The number of carbonyl (C=O) groups excluding carboxylic acids is 1. The van der Waals surface area contributed by atoms with Crippen LogP contribution in [0.1, 0.15) is 47.6 Å². The van der Waals surface area contributed by atoms with Crippen molar-refractivity contribution in [1.82, 2.24) is 9.21 Å². The van der Waals surface area contributed by atoms with Gasteiger partial charge in [-0.15, -0.1) is 0 Å². The molecule has 3 aliphatic rings. The third kappa shape index (κ3) is 4.04. The molecule has 2 aromatic carbocycles. The summed E-state index contributed by atoms with van der Waals surface area (Å²) in [6.07, 6.45) is 3.39. The number of hydrogen-bond acceptors (Lipinski definition) is 6. The van der Waals surface area contributed by atoms with E-state index in [9.17, 15) is 13.2 Å². The highest BCUT2D eigenvalue weighted by Crippen LogP contribution is 2.39. The van der Waals surface area contributed by atoms with Crippen LogP contribution >= 0.6 is 0 Å². The van der Waals surface area contributed by atoms with Gasteiger partial charge in [-0.1, -0.05) is 6.07 Å². The summed E-state index contributed by atoms with van der Waals surface area (Å²) in [5.74, 6) is 1.48. The Bertz CT molecular complexity index is 1160. The Morgan fingerprint density at radius 1 is 0.970 bits per heavy atom. The van der Waals surface area contributed by atoms with Gasteiger partial charge in [0.1, 0.15) is 23.9 Å². The molecule has 0 saturated carbocycles. The van der Waals surface area contributed by atoms with E-state index in [1.54, 1.807) is 12.1 Å². The average Bonchev–Trinajstić information content (AvgIpc) is 3.56. The Morgan fingerprint density at radius 3 is 2.48 bits per heavy atom. The van der Waals surface area contributed by atoms with Crippen molar-refractivity contribution in [2.75, 3.05) is 40.0 Å². The van der Waals surface area contributed by atoms with Crippen molar-refractivity contribution >= 4 is 15.9 Å². The number of ether oxygens (including phenoxy) is 3. The topological polar surface area (TPSA) is 85.4 Å². The zero-order chi connectivity index (χ0) is 23.0. The highest BCUT2D eigenvalue weighted by molar-refractivity contribution is 7.89. The Labute approximate surface area is 194 Å². The van der Waals surface area contributed by atoms with Crippen molar-refractivity contribution in [1.29, 1.82) is 0 Å². The first-order chi connectivity index (χ1) is 16.0. The van der Waals surface area contributed by atoms with Gasteiger partial charge in [0.05, 0.1) is 13.2 Å². The zero-order valence-electron chi connectivity index (χ0n) is 18.7. The highest BCUT2D eigenvalue weighted by atomic mass is 32.2. The van der Waals surface area contributed by atoms with E-state index >= 15 is 0 Å². The molecule has 176 valence electrons. The molecule has 1 amide bonds. The molecule has 2 fully saturated rings. The fourth-order valence-corrected chi connectivity index (χ4v) is 6.57. The highest BCUT2D eigenvalue weighted by Gasteiger charge is 2.34. The van der Waals surface area contributed by atoms with Crippen molar-refractivity contribution in [3.8, 4) is 17.2 Å². The molecule has 0 aromatic heterocycles. The maximum Gasteiger partial charge on any atom is 0.254 e. The first-order valence-corrected chi connectivity index (χ1v) is 12.8. The molecule has 8 nitrogen and oxygen atoms in total. The smallest absolute Gasteiger partial charge is 0.254 e. The van der Waals surface area contributed by atoms with Gasteiger partial charge < -0.3 is 19.1 Å². The lowest BCUT2D eigenvalue weighted by Crippen LogP contribution is -2.31. The average molecular weight is 473 g/mol. The van der Waals surface area contributed by atoms with Crippen molar-refractivity contribution in [3.05, 3.63) is 47.5 Å². The second kappa shape index (κ2) is 8.87. The summed E-state index contributed by atoms with van der Waals surface area (Å²) in [7, 11) is -2.29. The standard InChI is InChI=1S/C24H28N2O6S/c1-30-21-9-7-18(16-23(21)33(28,29)25-10-2-3-11-25)24(27)26-12-4-5-19(26)17-6-8-20-22(15-17)32-14-13-31-20/h6-9,15-16,19H,2-5,10-14H2,1H3. The Balaban J connectivity index is 1.45. The van der Waals surface area contributed by atoms with Crippen LogP contribution in [0.15, 0.2) is 41.3 Å². The van der Waals surface area contributed by atoms with Gasteiger partial charge in [-0.25, -0.2) is 8.42 Å². The Morgan fingerprint density at radius 2 is 1.73 bits per heavy atom. The molecule has 0 bridgehead atoms. The monoisotopic (exact) mass is 472 g/mol. The number of fused-ring (bicyclic) bond motifs is 1. The third-order valence-corrected chi connectivity index (χ3v) is 8.48. The van der Waals surface area contributed by atoms with Gasteiger partial charge in [0.25, 0.3) is 5.91 Å². The molecule has 2 saturated heterocycles. The van der Waals surface area contributed by atoms with E-state index < -0.39 is 10.0 Å². The van der Waals surface area contributed by atoms with Crippen LogP contribution in [-0.2, 0) is 10.0 Å². The maximum atomic E-state index is 13.5. The molecular weight excluding hydrogens is 444 g/mol. The summed E-state index contributed by atoms with van der Waals surface area (Å²) >= 11 is 0. The number of amides is 1. The number of likely N-dealkylation sites (tertiary alicyclic amines) is 1. The lowest BCUT2D eigenvalue weighted by molar-refractivity contribution is 0.0735. The second-order valence-electron chi connectivity index (χ2n) is 8.54. The van der Waals surface area contributed by atoms with E-state index in [-0.39, 0.29) is 22.6 Å². The zero-order valence-corrected chi connectivity index (χ0v) is 19.5. The minimum atomic E-state index is -3.73. The first-order valence-electron chi connectivity index (χ1n) is 11.4. The number of carbonyl (C=O) groups is 1. The number of methoxy groups -OCH3 is 1. The summed E-state index contributed by atoms with van der Waals surface area (Å²) in [6, 6.07) is 10.4. The van der Waals surface area contributed by atoms with Crippen molar-refractivity contribution in [2.24, 2.45) is 0 Å². The van der Waals surface area contributed by atoms with E-state index in [2.05, 4.69) is 0 Å². The van der Waals surface area contributed by atoms with Crippen LogP contribution in [0.25, 0.3) is 0 Å². The summed E-state index contributed by atoms with van der Waals surface area (Å²) in [6.45, 7) is 2.62. The van der Waals surface area contributed by atoms with E-state index in [1.165, 1.54) is 17.5 Å². The molecule has 2 aromatic rings. The fraction of sp³-hybridized carbons (Fsp3) is 0.458. The van der Waals surface area contributed by atoms with Gasteiger partial charge in [-0.2, -0.15) is 4.31 Å². The molecular formula is C24H28N2O6S. The second-order valence-corrected chi connectivity index (χ2v) is 10.4. The van der Waals surface area contributed by atoms with E-state index in [1.807, 2.05) is 23.1 Å². The number of hydrogen-bond donors (Lipinski definition) is 0. The molecule has 0 radical (unpaired) electrons. The number of benzene rings is 2. The van der Waals surface area contributed by atoms with Gasteiger partial charge in [-0.05, 0) is 61.6 Å². The van der Waals surface area contributed by atoms with Crippen LogP contribution < -0.4 is 14.2 Å². The molecule has 3 heterocycles. The summed E-state index contributed by atoms with van der Waals surface area (Å²) in [5, 5.41) is 0. The predicted molar refractivity (Wildman–Crippen MR) is 121 cm³/mol. The summed E-state index contributed by atoms with van der Waals surface area (Å²) < 4.78 is 44.6. The van der Waals surface area contributed by atoms with Crippen LogP contribution in [0.5, 0.6) is 17.2 Å². The third-order valence-electron chi connectivity index (χ3n) is 6.56. The van der Waals surface area contributed by atoms with Gasteiger partial charge in [0.2, 0.25) is 10.0 Å². The minimum absolute atomic E-state index is 0.0489. The largest absolute Gasteiger partial charge is 0.495 e. The quantitative estimate of drug-likeness (QED) is 0.664. The Kier molecular flexibility index (Phi) is 5.92. The lowest BCUT2D eigenvalue weighted by Gasteiger charge is -2.27. The molecule has 0 spiro atoms. The van der Waals surface area contributed by atoms with E-state index in [4.69, 9.17) is 14.2 Å². The number of rotatable bonds is 5. The Hall–Kier alpha value is -2.78. The predicted octanol–water partition coefficient (Wildman–Crippen LogP) is 3.23. The van der Waals surface area contributed by atoms with Crippen LogP contribution in [0.2, 0.25) is 0 Å². The van der Waals surface area contributed by atoms with Gasteiger partial charge in [0.15, 0.2) is 11.5 Å². The van der Waals surface area contributed by atoms with Gasteiger partial charge >= 0.3 is 0 Å². The van der Waals surface area contributed by atoms with Crippen molar-refractivity contribution < 1.29 is 27.4 Å². The molecule has 1 atom stereocenters. The fourth-order valence-electron chi connectivity index (χ4n) is 4.87. The van der Waals surface area contributed by atoms with E-state index in [0.29, 0.717) is 49.9 Å². The molecule has 0 N–H and O–H groups in total. The van der Waals surface area contributed by atoms with Gasteiger partial charge in [0, 0.05) is 25.2 Å².